The Labute approximate surface area is 159 Å². The number of aromatic nitrogens is 2. The van der Waals surface area contributed by atoms with Crippen LogP contribution in [-0.4, -0.2) is 22.2 Å². The first kappa shape index (κ1) is 18.2. The molecule has 1 aromatic heterocycles. The second kappa shape index (κ2) is 8.21. The zero-order chi connectivity index (χ0) is 18.5. The highest BCUT2D eigenvalue weighted by Gasteiger charge is 2.19. The average molecular weight is 393 g/mol. The van der Waals surface area contributed by atoms with E-state index in [2.05, 4.69) is 10.1 Å². The molecule has 1 heterocycles. The monoisotopic (exact) mass is 392 g/mol. The van der Waals surface area contributed by atoms with Gasteiger partial charge < -0.3 is 14.0 Å². The first-order valence-electron chi connectivity index (χ1n) is 7.69. The molecule has 0 unspecified atom stereocenters. The number of hydrogen-bond donors (Lipinski definition) is 0. The van der Waals surface area contributed by atoms with Crippen LogP contribution in [0.1, 0.15) is 12.8 Å². The van der Waals surface area contributed by atoms with Crippen LogP contribution in [-0.2, 0) is 16.1 Å². The van der Waals surface area contributed by atoms with Crippen molar-refractivity contribution in [1.29, 1.82) is 0 Å². The summed E-state index contributed by atoms with van der Waals surface area (Å²) in [5.74, 6) is 0.364. The Morgan fingerprint density at radius 1 is 1.19 bits per heavy atom. The van der Waals surface area contributed by atoms with Gasteiger partial charge in [-0.2, -0.15) is 4.98 Å². The Morgan fingerprint density at radius 2 is 1.96 bits per heavy atom. The Kier molecular flexibility index (Phi) is 5.75. The van der Waals surface area contributed by atoms with Gasteiger partial charge in [-0.05, 0) is 25.1 Å². The summed E-state index contributed by atoms with van der Waals surface area (Å²) in [6.07, 6.45) is -0.870. The van der Waals surface area contributed by atoms with Gasteiger partial charge in [0.2, 0.25) is 5.82 Å². The lowest BCUT2D eigenvalue weighted by molar-refractivity contribution is -0.153. The topological polar surface area (TPSA) is 74.5 Å². The van der Waals surface area contributed by atoms with Crippen molar-refractivity contribution in [2.24, 2.45) is 0 Å². The zero-order valence-corrected chi connectivity index (χ0v) is 15.2. The van der Waals surface area contributed by atoms with Crippen LogP contribution in [0.25, 0.3) is 11.4 Å². The van der Waals surface area contributed by atoms with Crippen LogP contribution >= 0.6 is 23.2 Å². The summed E-state index contributed by atoms with van der Waals surface area (Å²) in [6.45, 7) is 1.40. The maximum atomic E-state index is 12.1. The number of rotatable bonds is 6. The second-order valence-electron chi connectivity index (χ2n) is 5.32. The van der Waals surface area contributed by atoms with Gasteiger partial charge in [0.05, 0.1) is 5.02 Å². The molecule has 0 amide bonds. The molecule has 0 aliphatic heterocycles. The molecule has 0 saturated carbocycles. The normalized spacial score (nSPS) is 11.8. The molecule has 6 nitrogen and oxygen atoms in total. The fourth-order valence-corrected chi connectivity index (χ4v) is 2.53. The fourth-order valence-electron chi connectivity index (χ4n) is 2.08. The predicted octanol–water partition coefficient (Wildman–Crippen LogP) is 4.55. The minimum Gasteiger partial charge on any atom is -0.477 e. The van der Waals surface area contributed by atoms with E-state index in [9.17, 15) is 4.79 Å². The van der Waals surface area contributed by atoms with Crippen molar-refractivity contribution in [3.63, 3.8) is 0 Å². The molecular weight excluding hydrogens is 379 g/mol. The van der Waals surface area contributed by atoms with E-state index in [0.29, 0.717) is 21.6 Å². The summed E-state index contributed by atoms with van der Waals surface area (Å²) < 4.78 is 15.7. The average Bonchev–Trinajstić information content (AvgIpc) is 3.11. The van der Waals surface area contributed by atoms with Crippen molar-refractivity contribution >= 4 is 29.2 Å². The molecule has 134 valence electrons. The third-order valence-corrected chi connectivity index (χ3v) is 3.90. The van der Waals surface area contributed by atoms with Crippen LogP contribution < -0.4 is 4.74 Å². The fraction of sp³-hybridized carbons (Fsp3) is 0.167. The molecular formula is C18H14Cl2N2O4. The maximum absolute atomic E-state index is 12.1. The number of nitrogens with zero attached hydrogens (tertiary/aromatic N) is 2. The van der Waals surface area contributed by atoms with Crippen molar-refractivity contribution in [3.8, 4) is 17.1 Å². The quantitative estimate of drug-likeness (QED) is 0.572. The van der Waals surface area contributed by atoms with Gasteiger partial charge in [-0.25, -0.2) is 4.79 Å². The van der Waals surface area contributed by atoms with Crippen LogP contribution in [0.3, 0.4) is 0 Å². The van der Waals surface area contributed by atoms with Gasteiger partial charge in [-0.1, -0.05) is 58.7 Å². The van der Waals surface area contributed by atoms with Crippen molar-refractivity contribution in [2.45, 2.75) is 19.6 Å². The van der Waals surface area contributed by atoms with Crippen molar-refractivity contribution in [2.75, 3.05) is 0 Å². The van der Waals surface area contributed by atoms with E-state index in [0.717, 1.165) is 5.56 Å². The van der Waals surface area contributed by atoms with Crippen molar-refractivity contribution in [1.82, 2.24) is 10.1 Å². The van der Waals surface area contributed by atoms with E-state index in [4.69, 9.17) is 37.2 Å². The van der Waals surface area contributed by atoms with Gasteiger partial charge in [-0.15, -0.1) is 0 Å². The van der Waals surface area contributed by atoms with E-state index >= 15 is 0 Å². The Hall–Kier alpha value is -2.57. The van der Waals surface area contributed by atoms with E-state index < -0.39 is 12.1 Å². The van der Waals surface area contributed by atoms with E-state index in [1.54, 1.807) is 19.1 Å². The number of carbonyl (C=O) groups is 1. The molecule has 0 bridgehead atoms. The molecule has 3 rings (SSSR count). The summed E-state index contributed by atoms with van der Waals surface area (Å²) in [5, 5.41) is 4.64. The first-order chi connectivity index (χ1) is 12.5. The molecule has 1 atom stereocenters. The van der Waals surface area contributed by atoms with Gasteiger partial charge >= 0.3 is 5.97 Å². The SMILES string of the molecule is C[C@H](Oc1ccc(Cl)cc1Cl)C(=O)OCc1nc(-c2ccccc2)no1. The molecule has 8 heteroatoms. The van der Waals surface area contributed by atoms with Gasteiger partial charge in [0, 0.05) is 10.6 Å². The summed E-state index contributed by atoms with van der Waals surface area (Å²) in [7, 11) is 0. The standard InChI is InChI=1S/C18H14Cl2N2O4/c1-11(25-15-8-7-13(19)9-14(15)20)18(23)24-10-16-21-17(22-26-16)12-5-3-2-4-6-12/h2-9,11H,10H2,1H3/t11-/m0/s1. The maximum Gasteiger partial charge on any atom is 0.347 e. The molecule has 26 heavy (non-hydrogen) atoms. The van der Waals surface area contributed by atoms with Crippen LogP contribution in [0.15, 0.2) is 53.1 Å². The third kappa shape index (κ3) is 4.53. The minimum atomic E-state index is -0.870. The number of esters is 1. The smallest absolute Gasteiger partial charge is 0.347 e. The number of benzene rings is 2. The summed E-state index contributed by atoms with van der Waals surface area (Å²) in [5.41, 5.74) is 0.808. The van der Waals surface area contributed by atoms with Gasteiger partial charge in [-0.3, -0.25) is 0 Å². The van der Waals surface area contributed by atoms with E-state index in [1.165, 1.54) is 6.07 Å². The predicted molar refractivity (Wildman–Crippen MR) is 96.1 cm³/mol. The minimum absolute atomic E-state index is 0.152. The van der Waals surface area contributed by atoms with E-state index in [1.807, 2.05) is 30.3 Å². The first-order valence-corrected chi connectivity index (χ1v) is 8.45. The lowest BCUT2D eigenvalue weighted by Crippen LogP contribution is -2.26. The molecule has 0 fully saturated rings. The molecule has 2 aromatic carbocycles. The number of hydrogen-bond acceptors (Lipinski definition) is 6. The Bertz CT molecular complexity index is 899. The van der Waals surface area contributed by atoms with Crippen LogP contribution in [0.5, 0.6) is 5.75 Å². The van der Waals surface area contributed by atoms with Crippen LogP contribution in [0.2, 0.25) is 10.0 Å². The highest BCUT2D eigenvalue weighted by atomic mass is 35.5. The van der Waals surface area contributed by atoms with E-state index in [-0.39, 0.29) is 12.5 Å². The Morgan fingerprint density at radius 3 is 2.69 bits per heavy atom. The highest BCUT2D eigenvalue weighted by Crippen LogP contribution is 2.28. The van der Waals surface area contributed by atoms with Crippen LogP contribution in [0, 0.1) is 0 Å². The molecule has 0 aliphatic rings. The summed E-state index contributed by atoms with van der Waals surface area (Å²) in [4.78, 5) is 16.3. The summed E-state index contributed by atoms with van der Waals surface area (Å²) in [6, 6.07) is 14.1. The molecule has 0 aliphatic carbocycles. The second-order valence-corrected chi connectivity index (χ2v) is 6.16. The lowest BCUT2D eigenvalue weighted by Gasteiger charge is -2.14. The molecule has 0 N–H and O–H groups in total. The largest absolute Gasteiger partial charge is 0.477 e. The highest BCUT2D eigenvalue weighted by molar-refractivity contribution is 6.35. The molecule has 0 spiro atoms. The van der Waals surface area contributed by atoms with Gasteiger partial charge in [0.25, 0.3) is 5.89 Å². The molecule has 0 radical (unpaired) electrons. The molecule has 0 saturated heterocycles. The van der Waals surface area contributed by atoms with Crippen molar-refractivity contribution in [3.05, 3.63) is 64.5 Å². The van der Waals surface area contributed by atoms with Gasteiger partial charge in [0.1, 0.15) is 5.75 Å². The Balaban J connectivity index is 1.56. The molecule has 3 aromatic rings. The number of carbonyl (C=O) groups excluding carboxylic acids is 1. The zero-order valence-electron chi connectivity index (χ0n) is 13.7. The van der Waals surface area contributed by atoms with Crippen molar-refractivity contribution < 1.29 is 18.8 Å². The van der Waals surface area contributed by atoms with Gasteiger partial charge in [0.15, 0.2) is 12.7 Å². The number of ether oxygens (including phenoxy) is 2. The summed E-state index contributed by atoms with van der Waals surface area (Å²) >= 11 is 11.8. The third-order valence-electron chi connectivity index (χ3n) is 3.37. The number of halogens is 2. The van der Waals surface area contributed by atoms with Crippen LogP contribution in [0.4, 0.5) is 0 Å². The lowest BCUT2D eigenvalue weighted by atomic mass is 10.2.